The molecule has 1 saturated heterocycles. The topological polar surface area (TPSA) is 67.8 Å². The molecule has 1 amide bonds. The van der Waals surface area contributed by atoms with Gasteiger partial charge in [0.1, 0.15) is 11.9 Å². The van der Waals surface area contributed by atoms with Crippen molar-refractivity contribution in [3.05, 3.63) is 42.0 Å². The Bertz CT molecular complexity index is 827. The molecule has 1 aliphatic carbocycles. The quantitative estimate of drug-likeness (QED) is 0.678. The van der Waals surface area contributed by atoms with Crippen LogP contribution >= 0.6 is 0 Å². The molecule has 4 rings (SSSR count). The van der Waals surface area contributed by atoms with Crippen LogP contribution in [0, 0.1) is 0 Å². The van der Waals surface area contributed by atoms with Gasteiger partial charge >= 0.3 is 0 Å². The average molecular weight is 425 g/mol. The first-order chi connectivity index (χ1) is 15.2. The number of benzene rings is 1. The number of carbonyl (C=O) groups excluding carboxylic acids is 1. The van der Waals surface area contributed by atoms with E-state index in [2.05, 4.69) is 15.1 Å². The van der Waals surface area contributed by atoms with E-state index in [4.69, 9.17) is 9.47 Å². The van der Waals surface area contributed by atoms with Gasteiger partial charge in [-0.15, -0.1) is 10.2 Å². The summed E-state index contributed by atoms with van der Waals surface area (Å²) in [7, 11) is 1.66. The Hall–Kier alpha value is -2.83. The molecule has 0 atom stereocenters. The average Bonchev–Trinajstić information content (AvgIpc) is 2.84. The summed E-state index contributed by atoms with van der Waals surface area (Å²) in [6.07, 6.45) is 7.55. The van der Waals surface area contributed by atoms with Crippen LogP contribution in [-0.2, 0) is 11.2 Å². The van der Waals surface area contributed by atoms with Gasteiger partial charge in [-0.25, -0.2) is 0 Å². The molecule has 1 aliphatic heterocycles. The first kappa shape index (κ1) is 21.4. The summed E-state index contributed by atoms with van der Waals surface area (Å²) < 4.78 is 11.2. The zero-order valence-electron chi connectivity index (χ0n) is 18.3. The van der Waals surface area contributed by atoms with E-state index in [9.17, 15) is 4.79 Å². The number of carbonyl (C=O) groups is 1. The molecule has 2 aliphatic rings. The summed E-state index contributed by atoms with van der Waals surface area (Å²) in [6.45, 7) is 2.96. The fraction of sp³-hybridized carbons (Fsp3) is 0.542. The van der Waals surface area contributed by atoms with Crippen molar-refractivity contribution in [2.75, 3.05) is 38.2 Å². The van der Waals surface area contributed by atoms with E-state index >= 15 is 0 Å². The molecule has 1 saturated carbocycles. The number of rotatable bonds is 7. The Morgan fingerprint density at radius 3 is 2.35 bits per heavy atom. The lowest BCUT2D eigenvalue weighted by atomic mass is 9.98. The highest BCUT2D eigenvalue weighted by Crippen LogP contribution is 2.23. The van der Waals surface area contributed by atoms with Gasteiger partial charge in [0.2, 0.25) is 11.8 Å². The van der Waals surface area contributed by atoms with E-state index in [1.807, 2.05) is 41.3 Å². The number of anilines is 1. The van der Waals surface area contributed by atoms with Gasteiger partial charge in [0.15, 0.2) is 5.82 Å². The summed E-state index contributed by atoms with van der Waals surface area (Å²) in [5.41, 5.74) is 1.15. The third-order valence-corrected chi connectivity index (χ3v) is 6.21. The molecule has 1 aromatic carbocycles. The van der Waals surface area contributed by atoms with Gasteiger partial charge in [0, 0.05) is 38.7 Å². The fourth-order valence-corrected chi connectivity index (χ4v) is 4.28. The number of aromatic nitrogens is 2. The van der Waals surface area contributed by atoms with E-state index < -0.39 is 0 Å². The number of hydrogen-bond acceptors (Lipinski definition) is 6. The van der Waals surface area contributed by atoms with Crippen LogP contribution in [0.3, 0.4) is 0 Å². The summed E-state index contributed by atoms with van der Waals surface area (Å²) in [4.78, 5) is 16.7. The molecule has 0 spiro atoms. The predicted molar refractivity (Wildman–Crippen MR) is 120 cm³/mol. The van der Waals surface area contributed by atoms with Crippen molar-refractivity contribution in [2.24, 2.45) is 0 Å². The van der Waals surface area contributed by atoms with Gasteiger partial charge in [-0.1, -0.05) is 18.6 Å². The summed E-state index contributed by atoms with van der Waals surface area (Å²) in [6, 6.07) is 11.8. The lowest BCUT2D eigenvalue weighted by molar-refractivity contribution is -0.131. The Labute approximate surface area is 184 Å². The molecule has 7 heteroatoms. The molecule has 2 fully saturated rings. The predicted octanol–water partition coefficient (Wildman–Crippen LogP) is 3.48. The maximum absolute atomic E-state index is 12.6. The van der Waals surface area contributed by atoms with Crippen LogP contribution in [-0.4, -0.2) is 60.4 Å². The Morgan fingerprint density at radius 1 is 0.968 bits per heavy atom. The molecule has 7 nitrogen and oxygen atoms in total. The van der Waals surface area contributed by atoms with Gasteiger partial charge in [0.05, 0.1) is 7.11 Å². The van der Waals surface area contributed by atoms with Gasteiger partial charge in [-0.2, -0.15) is 0 Å². The lowest BCUT2D eigenvalue weighted by Gasteiger charge is -2.35. The zero-order chi connectivity index (χ0) is 21.5. The highest BCUT2D eigenvalue weighted by atomic mass is 16.5. The smallest absolute Gasteiger partial charge is 0.233 e. The number of piperazine rings is 1. The number of methoxy groups -OCH3 is 1. The number of amides is 1. The minimum atomic E-state index is 0.206. The van der Waals surface area contributed by atoms with E-state index in [0.717, 1.165) is 49.5 Å². The molecule has 2 aromatic rings. The first-order valence-corrected chi connectivity index (χ1v) is 11.4. The fourth-order valence-electron chi connectivity index (χ4n) is 4.28. The zero-order valence-corrected chi connectivity index (χ0v) is 18.3. The molecule has 0 N–H and O–H groups in total. The molecule has 0 radical (unpaired) electrons. The van der Waals surface area contributed by atoms with Crippen molar-refractivity contribution < 1.29 is 14.3 Å². The number of nitrogens with zero attached hydrogens (tertiary/aromatic N) is 4. The third kappa shape index (κ3) is 5.87. The Kier molecular flexibility index (Phi) is 7.22. The summed E-state index contributed by atoms with van der Waals surface area (Å²) in [5, 5.41) is 8.64. The maximum atomic E-state index is 12.6. The van der Waals surface area contributed by atoms with Crippen molar-refractivity contribution >= 4 is 11.7 Å². The molecule has 31 heavy (non-hydrogen) atoms. The third-order valence-electron chi connectivity index (χ3n) is 6.21. The van der Waals surface area contributed by atoms with Crippen LogP contribution in [0.4, 0.5) is 5.82 Å². The second-order valence-electron chi connectivity index (χ2n) is 8.32. The van der Waals surface area contributed by atoms with Crippen molar-refractivity contribution in [1.29, 1.82) is 0 Å². The number of ether oxygens (including phenoxy) is 2. The number of hydrogen-bond donors (Lipinski definition) is 0. The van der Waals surface area contributed by atoms with E-state index in [0.29, 0.717) is 25.4 Å². The number of aryl methyl sites for hydroxylation is 1. The van der Waals surface area contributed by atoms with Crippen LogP contribution in [0.25, 0.3) is 0 Å². The van der Waals surface area contributed by atoms with Crippen LogP contribution in [0.2, 0.25) is 0 Å². The van der Waals surface area contributed by atoms with E-state index in [1.54, 1.807) is 7.11 Å². The SMILES string of the molecule is COc1ccc(CCC(=O)N2CCN(c3ccc(OC4CCCCC4)nn3)CC2)cc1. The van der Waals surface area contributed by atoms with Crippen LogP contribution in [0.15, 0.2) is 36.4 Å². The van der Waals surface area contributed by atoms with E-state index in [1.165, 1.54) is 19.3 Å². The molecule has 0 unspecified atom stereocenters. The largest absolute Gasteiger partial charge is 0.497 e. The summed E-state index contributed by atoms with van der Waals surface area (Å²) >= 11 is 0. The second-order valence-corrected chi connectivity index (χ2v) is 8.32. The van der Waals surface area contributed by atoms with Crippen LogP contribution in [0.5, 0.6) is 11.6 Å². The lowest BCUT2D eigenvalue weighted by Crippen LogP contribution is -2.49. The van der Waals surface area contributed by atoms with Gasteiger partial charge in [-0.3, -0.25) is 4.79 Å². The highest BCUT2D eigenvalue weighted by Gasteiger charge is 2.22. The minimum absolute atomic E-state index is 0.206. The molecular weight excluding hydrogens is 392 g/mol. The Balaban J connectivity index is 1.21. The molecule has 0 bridgehead atoms. The van der Waals surface area contributed by atoms with Crippen molar-refractivity contribution in [2.45, 2.75) is 51.0 Å². The molecular formula is C24H32N4O3. The molecule has 1 aromatic heterocycles. The van der Waals surface area contributed by atoms with Crippen molar-refractivity contribution in [1.82, 2.24) is 15.1 Å². The highest BCUT2D eigenvalue weighted by molar-refractivity contribution is 5.76. The van der Waals surface area contributed by atoms with Gasteiger partial charge in [-0.05, 0) is 55.9 Å². The standard InChI is InChI=1S/C24H32N4O3/c1-30-20-10-7-19(8-11-20)9-14-24(29)28-17-15-27(16-18-28)22-12-13-23(26-25-22)31-21-5-3-2-4-6-21/h7-8,10-13,21H,2-6,9,14-18H2,1H3. The molecule has 2 heterocycles. The normalized spacial score (nSPS) is 17.5. The van der Waals surface area contributed by atoms with Crippen LogP contribution in [0.1, 0.15) is 44.1 Å². The first-order valence-electron chi connectivity index (χ1n) is 11.4. The van der Waals surface area contributed by atoms with Gasteiger partial charge < -0.3 is 19.3 Å². The monoisotopic (exact) mass is 424 g/mol. The van der Waals surface area contributed by atoms with Crippen molar-refractivity contribution in [3.63, 3.8) is 0 Å². The summed E-state index contributed by atoms with van der Waals surface area (Å²) in [5.74, 6) is 2.50. The Morgan fingerprint density at radius 2 is 1.71 bits per heavy atom. The van der Waals surface area contributed by atoms with Crippen molar-refractivity contribution in [3.8, 4) is 11.6 Å². The molecule has 166 valence electrons. The van der Waals surface area contributed by atoms with E-state index in [-0.39, 0.29) is 12.0 Å². The second kappa shape index (κ2) is 10.5. The van der Waals surface area contributed by atoms with Crippen LogP contribution < -0.4 is 14.4 Å². The maximum Gasteiger partial charge on any atom is 0.233 e. The van der Waals surface area contributed by atoms with Gasteiger partial charge in [0.25, 0.3) is 0 Å². The minimum Gasteiger partial charge on any atom is -0.497 e.